The highest BCUT2D eigenvalue weighted by atomic mass is 31.1. The van der Waals surface area contributed by atoms with Crippen molar-refractivity contribution in [1.29, 1.82) is 0 Å². The molecule has 0 saturated heterocycles. The van der Waals surface area contributed by atoms with E-state index in [1.165, 1.54) is 21.2 Å². The standard InChI is InChI=1S/C39H38N2O4P2/c1-41-35(43-3)27-33(47(30-22-14-8-15-23-30)31-24-16-9-17-25-31)37(39(41)45-5)36-32(26-34(42-2)40-38(36)44-4)46(28-18-10-6-11-19-28)29-20-12-7-13-21-29/h6-27,39H,1-5H3/t39-/m0/s1. The van der Waals surface area contributed by atoms with Crippen LogP contribution in [0.3, 0.4) is 0 Å². The lowest BCUT2D eigenvalue weighted by molar-refractivity contribution is 0.00787. The maximum absolute atomic E-state index is 6.41. The van der Waals surface area contributed by atoms with E-state index in [4.69, 9.17) is 23.9 Å². The molecule has 0 N–H and O–H groups in total. The summed E-state index contributed by atoms with van der Waals surface area (Å²) in [5.41, 5.74) is 1.88. The van der Waals surface area contributed by atoms with Crippen LogP contribution in [0.15, 0.2) is 145 Å². The molecule has 6 rings (SSSR count). The third-order valence-corrected chi connectivity index (χ3v) is 13.0. The summed E-state index contributed by atoms with van der Waals surface area (Å²) in [6.07, 6.45) is 1.66. The van der Waals surface area contributed by atoms with Crippen LogP contribution >= 0.6 is 15.8 Å². The molecule has 0 radical (unpaired) electrons. The fraction of sp³-hybridized carbons (Fsp3) is 0.154. The molecule has 238 valence electrons. The molecule has 0 spiro atoms. The van der Waals surface area contributed by atoms with Gasteiger partial charge in [0.2, 0.25) is 11.8 Å². The fourth-order valence-corrected chi connectivity index (χ4v) is 11.0. The molecule has 2 heterocycles. The molecule has 0 amide bonds. The second-order valence-corrected chi connectivity index (χ2v) is 15.1. The van der Waals surface area contributed by atoms with Crippen molar-refractivity contribution < 1.29 is 18.9 Å². The van der Waals surface area contributed by atoms with Crippen LogP contribution in [0.5, 0.6) is 11.8 Å². The Balaban J connectivity index is 1.77. The molecule has 1 aliphatic rings. The summed E-state index contributed by atoms with van der Waals surface area (Å²) in [7, 11) is 6.59. The van der Waals surface area contributed by atoms with Crippen LogP contribution in [-0.2, 0) is 9.47 Å². The van der Waals surface area contributed by atoms with Crippen LogP contribution in [0.4, 0.5) is 0 Å². The van der Waals surface area contributed by atoms with E-state index in [1.807, 2.05) is 11.9 Å². The lowest BCUT2D eigenvalue weighted by Crippen LogP contribution is -2.39. The van der Waals surface area contributed by atoms with Gasteiger partial charge in [0.1, 0.15) is 0 Å². The molecule has 1 aliphatic heterocycles. The quantitative estimate of drug-likeness (QED) is 0.160. The normalized spacial score (nSPS) is 14.7. The molecule has 0 bridgehead atoms. The van der Waals surface area contributed by atoms with E-state index < -0.39 is 22.1 Å². The van der Waals surface area contributed by atoms with Gasteiger partial charge >= 0.3 is 0 Å². The number of allylic oxidation sites excluding steroid dienone is 2. The molecular weight excluding hydrogens is 622 g/mol. The van der Waals surface area contributed by atoms with Crippen LogP contribution < -0.4 is 36.0 Å². The van der Waals surface area contributed by atoms with E-state index in [-0.39, 0.29) is 0 Å². The van der Waals surface area contributed by atoms with Gasteiger partial charge in [0, 0.05) is 37.2 Å². The van der Waals surface area contributed by atoms with Crippen molar-refractivity contribution in [3.8, 4) is 11.8 Å². The van der Waals surface area contributed by atoms with Crippen LogP contribution in [-0.4, -0.2) is 51.6 Å². The van der Waals surface area contributed by atoms with E-state index >= 15 is 0 Å². The number of nitrogens with zero attached hydrogens (tertiary/aromatic N) is 2. The molecule has 4 aromatic carbocycles. The Labute approximate surface area is 279 Å². The van der Waals surface area contributed by atoms with Crippen molar-refractivity contribution >= 4 is 47.9 Å². The Morgan fingerprint density at radius 1 is 0.596 bits per heavy atom. The van der Waals surface area contributed by atoms with Gasteiger partial charge in [0.25, 0.3) is 0 Å². The average molecular weight is 661 g/mol. The smallest absolute Gasteiger partial charge is 0.224 e. The number of benzene rings is 4. The van der Waals surface area contributed by atoms with Crippen LogP contribution in [0.25, 0.3) is 5.57 Å². The molecule has 47 heavy (non-hydrogen) atoms. The van der Waals surface area contributed by atoms with Crippen molar-refractivity contribution in [3.63, 3.8) is 0 Å². The fourth-order valence-electron chi connectivity index (χ4n) is 5.98. The topological polar surface area (TPSA) is 53.1 Å². The highest BCUT2D eigenvalue weighted by Crippen LogP contribution is 2.53. The highest BCUT2D eigenvalue weighted by molar-refractivity contribution is 7.80. The van der Waals surface area contributed by atoms with Crippen molar-refractivity contribution in [2.24, 2.45) is 0 Å². The zero-order valence-electron chi connectivity index (χ0n) is 27.2. The predicted molar refractivity (Wildman–Crippen MR) is 196 cm³/mol. The number of aromatic nitrogens is 1. The number of methoxy groups -OCH3 is 4. The molecule has 0 aliphatic carbocycles. The number of ether oxygens (including phenoxy) is 4. The molecule has 8 heteroatoms. The summed E-state index contributed by atoms with van der Waals surface area (Å²) in [4.78, 5) is 6.93. The first-order valence-corrected chi connectivity index (χ1v) is 18.0. The molecular formula is C39H38N2O4P2. The van der Waals surface area contributed by atoms with Crippen LogP contribution in [0.1, 0.15) is 5.56 Å². The molecule has 1 atom stereocenters. The Hall–Kier alpha value is -4.47. The Kier molecular flexibility index (Phi) is 10.3. The second kappa shape index (κ2) is 15.0. The van der Waals surface area contributed by atoms with E-state index in [1.54, 1.807) is 28.4 Å². The molecule has 1 aromatic heterocycles. The SMILES string of the molecule is COC1=CC(P(c2ccccc2)c2ccccc2)=C(c2c(P(c3ccccc3)c3ccccc3)cc(OC)nc2OC)[C@H](OC)N1C. The van der Waals surface area contributed by atoms with E-state index in [9.17, 15) is 0 Å². The van der Waals surface area contributed by atoms with Crippen molar-refractivity contribution in [2.75, 3.05) is 35.5 Å². The molecule has 0 fully saturated rings. The van der Waals surface area contributed by atoms with Gasteiger partial charge in [-0.3, -0.25) is 0 Å². The Morgan fingerprint density at radius 2 is 1.06 bits per heavy atom. The Morgan fingerprint density at radius 3 is 1.47 bits per heavy atom. The molecule has 6 nitrogen and oxygen atoms in total. The number of rotatable bonds is 11. The Bertz CT molecular complexity index is 1770. The average Bonchev–Trinajstić information content (AvgIpc) is 3.13. The van der Waals surface area contributed by atoms with Gasteiger partial charge in [0.15, 0.2) is 12.1 Å². The zero-order valence-corrected chi connectivity index (χ0v) is 29.0. The summed E-state index contributed by atoms with van der Waals surface area (Å²) in [6, 6.07) is 44.7. The van der Waals surface area contributed by atoms with Crippen LogP contribution in [0, 0.1) is 0 Å². The minimum absolute atomic E-state index is 0.479. The highest BCUT2D eigenvalue weighted by Gasteiger charge is 2.38. The lowest BCUT2D eigenvalue weighted by Gasteiger charge is -2.39. The largest absolute Gasteiger partial charge is 0.482 e. The van der Waals surface area contributed by atoms with Crippen molar-refractivity contribution in [1.82, 2.24) is 9.88 Å². The summed E-state index contributed by atoms with van der Waals surface area (Å²) in [5.74, 6) is 1.68. The predicted octanol–water partition coefficient (Wildman–Crippen LogP) is 6.11. The van der Waals surface area contributed by atoms with Gasteiger partial charge in [-0.25, -0.2) is 0 Å². The maximum Gasteiger partial charge on any atom is 0.224 e. The second-order valence-electron chi connectivity index (χ2n) is 10.8. The zero-order chi connectivity index (χ0) is 32.8. The van der Waals surface area contributed by atoms with Gasteiger partial charge in [-0.2, -0.15) is 4.98 Å². The monoisotopic (exact) mass is 660 g/mol. The molecule has 0 saturated carbocycles. The lowest BCUT2D eigenvalue weighted by atomic mass is 10.0. The first-order chi connectivity index (χ1) is 23.1. The number of likely N-dealkylation sites (N-methyl/N-ethyl adjacent to an activating group) is 1. The van der Waals surface area contributed by atoms with Crippen molar-refractivity contribution in [2.45, 2.75) is 6.23 Å². The number of pyridine rings is 1. The summed E-state index contributed by atoms with van der Waals surface area (Å²) in [6.45, 7) is 0. The number of hydrogen-bond acceptors (Lipinski definition) is 6. The third-order valence-electron chi connectivity index (χ3n) is 8.07. The summed E-state index contributed by atoms with van der Waals surface area (Å²) in [5, 5.41) is 6.99. The minimum Gasteiger partial charge on any atom is -0.482 e. The number of hydrogen-bond donors (Lipinski definition) is 0. The third kappa shape index (κ3) is 6.55. The van der Waals surface area contributed by atoms with Gasteiger partial charge in [-0.05, 0) is 42.4 Å². The first kappa shape index (κ1) is 32.5. The maximum atomic E-state index is 6.41. The summed E-state index contributed by atoms with van der Waals surface area (Å²) >= 11 is 0. The molecule has 0 unspecified atom stereocenters. The van der Waals surface area contributed by atoms with Gasteiger partial charge in [-0.1, -0.05) is 121 Å². The van der Waals surface area contributed by atoms with Crippen LogP contribution in [0.2, 0.25) is 0 Å². The van der Waals surface area contributed by atoms with E-state index in [0.29, 0.717) is 17.6 Å². The summed E-state index contributed by atoms with van der Waals surface area (Å²) < 4.78 is 24.4. The van der Waals surface area contributed by atoms with Gasteiger partial charge in [-0.15, -0.1) is 0 Å². The van der Waals surface area contributed by atoms with E-state index in [0.717, 1.165) is 21.8 Å². The minimum atomic E-state index is -1.09. The first-order valence-electron chi connectivity index (χ1n) is 15.3. The van der Waals surface area contributed by atoms with Crippen molar-refractivity contribution in [3.05, 3.63) is 150 Å². The molecule has 5 aromatic rings. The van der Waals surface area contributed by atoms with Gasteiger partial charge < -0.3 is 23.8 Å². The van der Waals surface area contributed by atoms with Gasteiger partial charge in [0.05, 0.1) is 26.9 Å². The van der Waals surface area contributed by atoms with E-state index in [2.05, 4.69) is 133 Å².